The average molecular weight is 595 g/mol. The number of amides is 4. The van der Waals surface area contributed by atoms with Gasteiger partial charge in [-0.2, -0.15) is 13.2 Å². The van der Waals surface area contributed by atoms with Crippen LogP contribution in [0.3, 0.4) is 0 Å². The van der Waals surface area contributed by atoms with Gasteiger partial charge in [-0.15, -0.1) is 0 Å². The van der Waals surface area contributed by atoms with Gasteiger partial charge in [0.05, 0.1) is 11.6 Å². The Morgan fingerprint density at radius 2 is 1.49 bits per heavy atom. The fourth-order valence-electron chi connectivity index (χ4n) is 5.23. The van der Waals surface area contributed by atoms with E-state index in [0.29, 0.717) is 17.7 Å². The number of nitrogens with zero attached hydrogens (tertiary/aromatic N) is 1. The number of halogens is 3. The van der Waals surface area contributed by atoms with E-state index in [9.17, 15) is 27.6 Å². The summed E-state index contributed by atoms with van der Waals surface area (Å²) in [6.45, 7) is 7.58. The van der Waals surface area contributed by atoms with Crippen LogP contribution in [0.15, 0.2) is 78.9 Å². The van der Waals surface area contributed by atoms with Gasteiger partial charge >= 0.3 is 12.2 Å². The number of hydrogen-bond donors (Lipinski definition) is 3. The maximum atomic E-state index is 14.2. The lowest BCUT2D eigenvalue weighted by Crippen LogP contribution is -2.55. The van der Waals surface area contributed by atoms with E-state index in [1.165, 1.54) is 17.1 Å². The molecule has 3 aromatic carbocycles. The molecule has 0 bridgehead atoms. The number of carbonyl (C=O) groups excluding carboxylic acids is 3. The summed E-state index contributed by atoms with van der Waals surface area (Å²) < 4.78 is 40.1. The van der Waals surface area contributed by atoms with Crippen LogP contribution >= 0.6 is 0 Å². The first-order valence-corrected chi connectivity index (χ1v) is 14.2. The summed E-state index contributed by atoms with van der Waals surface area (Å²) in [7, 11) is 0. The zero-order chi connectivity index (χ0) is 31.4. The fraction of sp³-hybridized carbons (Fsp3) is 0.364. The van der Waals surface area contributed by atoms with Crippen LogP contribution < -0.4 is 16.1 Å². The SMILES string of the molecule is Cc1ccc(NC(=O)NC2CC(c3ccccc3)CC(c3ccc(C(F)(F)F)cc3)N(NC(=O)CC(C)(C)C)C2=O)cc1. The molecule has 228 valence electrons. The van der Waals surface area contributed by atoms with Crippen molar-refractivity contribution < 1.29 is 27.6 Å². The zero-order valence-corrected chi connectivity index (χ0v) is 24.7. The highest BCUT2D eigenvalue weighted by molar-refractivity contribution is 5.94. The Balaban J connectivity index is 1.72. The molecular weight excluding hydrogens is 557 g/mol. The van der Waals surface area contributed by atoms with E-state index in [-0.39, 0.29) is 24.2 Å². The average Bonchev–Trinajstić information content (AvgIpc) is 3.06. The van der Waals surface area contributed by atoms with Crippen LogP contribution in [0.1, 0.15) is 74.2 Å². The Bertz CT molecular complexity index is 1420. The summed E-state index contributed by atoms with van der Waals surface area (Å²) in [6.07, 6.45) is -3.91. The van der Waals surface area contributed by atoms with E-state index < -0.39 is 41.7 Å². The Morgan fingerprint density at radius 3 is 2.07 bits per heavy atom. The Labute approximate surface area is 249 Å². The second kappa shape index (κ2) is 12.9. The van der Waals surface area contributed by atoms with Gasteiger partial charge in [0.2, 0.25) is 5.91 Å². The quantitative estimate of drug-likeness (QED) is 0.284. The molecule has 1 saturated heterocycles. The van der Waals surface area contributed by atoms with Crippen molar-refractivity contribution >= 4 is 23.5 Å². The number of rotatable bonds is 6. The van der Waals surface area contributed by atoms with Crippen molar-refractivity contribution in [1.29, 1.82) is 0 Å². The molecule has 3 N–H and O–H groups in total. The molecule has 0 saturated carbocycles. The van der Waals surface area contributed by atoms with Gasteiger partial charge in [-0.25, -0.2) is 9.80 Å². The van der Waals surface area contributed by atoms with Crippen molar-refractivity contribution in [2.75, 3.05) is 5.32 Å². The third-order valence-electron chi connectivity index (χ3n) is 7.32. The van der Waals surface area contributed by atoms with E-state index in [4.69, 9.17) is 0 Å². The number of alkyl halides is 3. The van der Waals surface area contributed by atoms with Gasteiger partial charge in [0.15, 0.2) is 0 Å². The normalized spacial score (nSPS) is 19.4. The molecule has 3 aromatic rings. The highest BCUT2D eigenvalue weighted by Crippen LogP contribution is 2.39. The Kier molecular flexibility index (Phi) is 9.47. The number of anilines is 1. The molecule has 0 radical (unpaired) electrons. The van der Waals surface area contributed by atoms with E-state index in [1.54, 1.807) is 12.1 Å². The molecule has 4 rings (SSSR count). The second-order valence-electron chi connectivity index (χ2n) is 12.2. The number of hydrogen-bond acceptors (Lipinski definition) is 3. The molecule has 0 aromatic heterocycles. The highest BCUT2D eigenvalue weighted by atomic mass is 19.4. The molecule has 1 heterocycles. The van der Waals surface area contributed by atoms with Gasteiger partial charge in [-0.05, 0) is 66.5 Å². The predicted molar refractivity (Wildman–Crippen MR) is 159 cm³/mol. The molecule has 1 aliphatic rings. The number of carbonyl (C=O) groups is 3. The maximum absolute atomic E-state index is 14.2. The lowest BCUT2D eigenvalue weighted by Gasteiger charge is -2.33. The molecule has 10 heteroatoms. The summed E-state index contributed by atoms with van der Waals surface area (Å²) in [5.41, 5.74) is 4.44. The minimum atomic E-state index is -4.52. The van der Waals surface area contributed by atoms with Crippen LogP contribution in [0.5, 0.6) is 0 Å². The Hall–Kier alpha value is -4.34. The first-order chi connectivity index (χ1) is 20.2. The first-order valence-electron chi connectivity index (χ1n) is 14.2. The maximum Gasteiger partial charge on any atom is 0.416 e. The molecule has 0 spiro atoms. The summed E-state index contributed by atoms with van der Waals surface area (Å²) in [5.74, 6) is -1.25. The molecule has 3 atom stereocenters. The molecule has 43 heavy (non-hydrogen) atoms. The van der Waals surface area contributed by atoms with Crippen molar-refractivity contribution in [2.45, 2.75) is 71.1 Å². The molecule has 0 aliphatic carbocycles. The van der Waals surface area contributed by atoms with Gasteiger partial charge < -0.3 is 10.6 Å². The molecule has 1 fully saturated rings. The van der Waals surface area contributed by atoms with Gasteiger partial charge in [-0.3, -0.25) is 15.0 Å². The number of hydrazine groups is 1. The van der Waals surface area contributed by atoms with Crippen molar-refractivity contribution in [3.63, 3.8) is 0 Å². The van der Waals surface area contributed by atoms with Crippen molar-refractivity contribution in [1.82, 2.24) is 15.8 Å². The third-order valence-corrected chi connectivity index (χ3v) is 7.32. The van der Waals surface area contributed by atoms with Crippen LogP contribution in [0.2, 0.25) is 0 Å². The molecule has 3 unspecified atom stereocenters. The van der Waals surface area contributed by atoms with Crippen LogP contribution in [-0.2, 0) is 15.8 Å². The van der Waals surface area contributed by atoms with Crippen LogP contribution in [0.4, 0.5) is 23.7 Å². The monoisotopic (exact) mass is 594 g/mol. The predicted octanol–water partition coefficient (Wildman–Crippen LogP) is 7.12. The number of nitrogens with one attached hydrogen (secondary N) is 3. The third kappa shape index (κ3) is 8.59. The highest BCUT2D eigenvalue weighted by Gasteiger charge is 2.41. The van der Waals surface area contributed by atoms with E-state index >= 15 is 0 Å². The lowest BCUT2D eigenvalue weighted by molar-refractivity contribution is -0.146. The minimum Gasteiger partial charge on any atom is -0.326 e. The summed E-state index contributed by atoms with van der Waals surface area (Å²) in [6, 6.07) is 18.8. The molecule has 1 aliphatic heterocycles. The van der Waals surface area contributed by atoms with Crippen molar-refractivity contribution in [3.8, 4) is 0 Å². The zero-order valence-electron chi connectivity index (χ0n) is 24.7. The van der Waals surface area contributed by atoms with Crippen molar-refractivity contribution in [2.24, 2.45) is 5.41 Å². The molecule has 4 amide bonds. The van der Waals surface area contributed by atoms with Gasteiger partial charge in [0.1, 0.15) is 6.04 Å². The number of urea groups is 1. The van der Waals surface area contributed by atoms with E-state index in [2.05, 4.69) is 16.1 Å². The second-order valence-corrected chi connectivity index (χ2v) is 12.2. The molecular formula is C33H37F3N4O3. The van der Waals surface area contributed by atoms with E-state index in [1.807, 2.05) is 70.2 Å². The van der Waals surface area contributed by atoms with Gasteiger partial charge in [0, 0.05) is 12.1 Å². The van der Waals surface area contributed by atoms with E-state index in [0.717, 1.165) is 23.3 Å². The van der Waals surface area contributed by atoms with Crippen molar-refractivity contribution in [3.05, 3.63) is 101 Å². The van der Waals surface area contributed by atoms with Crippen LogP contribution in [-0.4, -0.2) is 28.9 Å². The minimum absolute atomic E-state index is 0.102. The van der Waals surface area contributed by atoms with Gasteiger partial charge in [-0.1, -0.05) is 80.9 Å². The lowest BCUT2D eigenvalue weighted by atomic mass is 9.86. The Morgan fingerprint density at radius 1 is 0.860 bits per heavy atom. The van der Waals surface area contributed by atoms with Crippen LogP contribution in [0.25, 0.3) is 0 Å². The first kappa shape index (κ1) is 31.6. The number of aryl methyl sites for hydroxylation is 1. The number of benzene rings is 3. The summed E-state index contributed by atoms with van der Waals surface area (Å²) in [4.78, 5) is 40.4. The topological polar surface area (TPSA) is 90.5 Å². The largest absolute Gasteiger partial charge is 0.416 e. The van der Waals surface area contributed by atoms with Crippen LogP contribution in [0, 0.1) is 12.3 Å². The summed E-state index contributed by atoms with van der Waals surface area (Å²) in [5, 5.41) is 6.72. The fourth-order valence-corrected chi connectivity index (χ4v) is 5.23. The summed E-state index contributed by atoms with van der Waals surface area (Å²) >= 11 is 0. The standard InChI is InChI=1S/C33H37F3N4O3/c1-21-10-16-26(17-11-21)37-31(43)38-27-18-24(22-8-6-5-7-9-22)19-28(23-12-14-25(15-13-23)33(34,35)36)40(30(27)42)39-29(41)20-32(2,3)4/h5-17,24,27-28H,18-20H2,1-4H3,(H,39,41)(H2,37,38,43). The smallest absolute Gasteiger partial charge is 0.326 e. The van der Waals surface area contributed by atoms with Gasteiger partial charge in [0.25, 0.3) is 5.91 Å². The molecule has 7 nitrogen and oxygen atoms in total.